The number of rotatable bonds is 2. The second-order valence-electron chi connectivity index (χ2n) is 8.49. The molecule has 0 aliphatic heterocycles. The molecular formula is C20H26O4. The molecule has 1 saturated carbocycles. The molecule has 3 atom stereocenters. The molecule has 0 heterocycles. The third-order valence-corrected chi connectivity index (χ3v) is 6.45. The van der Waals surface area contributed by atoms with Crippen molar-refractivity contribution in [2.45, 2.75) is 64.4 Å². The summed E-state index contributed by atoms with van der Waals surface area (Å²) < 4.78 is 0. The van der Waals surface area contributed by atoms with E-state index in [2.05, 4.69) is 6.92 Å². The Morgan fingerprint density at radius 2 is 1.92 bits per heavy atom. The summed E-state index contributed by atoms with van der Waals surface area (Å²) in [5.74, 6) is -1.00. The van der Waals surface area contributed by atoms with Crippen LogP contribution in [0.2, 0.25) is 0 Å². The predicted octanol–water partition coefficient (Wildman–Crippen LogP) is 3.65. The van der Waals surface area contributed by atoms with Crippen molar-refractivity contribution in [1.82, 2.24) is 0 Å². The fraction of sp³-hybridized carbons (Fsp3) is 0.600. The monoisotopic (exact) mass is 330 g/mol. The number of Topliss-reactive ketones (excluding diaryl/α,β-unsaturated/α-hetero) is 1. The van der Waals surface area contributed by atoms with Crippen LogP contribution in [0.1, 0.15) is 74.9 Å². The molecular weight excluding hydrogens is 304 g/mol. The summed E-state index contributed by atoms with van der Waals surface area (Å²) in [7, 11) is 0. The van der Waals surface area contributed by atoms with Crippen LogP contribution in [-0.2, 0) is 15.8 Å². The van der Waals surface area contributed by atoms with Crippen molar-refractivity contribution in [3.63, 3.8) is 0 Å². The van der Waals surface area contributed by atoms with Crippen LogP contribution < -0.4 is 0 Å². The van der Waals surface area contributed by atoms with E-state index in [1.165, 1.54) is 0 Å². The number of aliphatic carboxylic acids is 1. The van der Waals surface area contributed by atoms with Gasteiger partial charge in [-0.1, -0.05) is 25.5 Å². The lowest BCUT2D eigenvalue weighted by atomic mass is 9.49. The number of carbonyl (C=O) groups is 2. The summed E-state index contributed by atoms with van der Waals surface area (Å²) in [6.07, 6.45) is 2.62. The maximum atomic E-state index is 12.8. The van der Waals surface area contributed by atoms with Gasteiger partial charge in [0.25, 0.3) is 0 Å². The molecule has 2 aliphatic carbocycles. The van der Waals surface area contributed by atoms with Gasteiger partial charge in [0, 0.05) is 12.0 Å². The fourth-order valence-corrected chi connectivity index (χ4v) is 4.85. The molecule has 0 unspecified atom stereocenters. The van der Waals surface area contributed by atoms with E-state index in [0.29, 0.717) is 17.5 Å². The highest BCUT2D eigenvalue weighted by Crippen LogP contribution is 2.57. The molecule has 24 heavy (non-hydrogen) atoms. The van der Waals surface area contributed by atoms with Gasteiger partial charge in [-0.2, -0.15) is 0 Å². The molecule has 3 rings (SSSR count). The molecule has 1 aromatic rings. The van der Waals surface area contributed by atoms with Gasteiger partial charge in [-0.05, 0) is 62.1 Å². The normalized spacial score (nSPS) is 32.9. The quantitative estimate of drug-likeness (QED) is 0.868. The minimum atomic E-state index is -1.00. The number of hydrogen-bond donors (Lipinski definition) is 2. The van der Waals surface area contributed by atoms with E-state index >= 15 is 0 Å². The number of ketones is 1. The number of carbonyl (C=O) groups excluding carboxylic acids is 1. The Morgan fingerprint density at radius 3 is 2.50 bits per heavy atom. The van der Waals surface area contributed by atoms with Crippen LogP contribution in [0.5, 0.6) is 0 Å². The van der Waals surface area contributed by atoms with Gasteiger partial charge in [0.2, 0.25) is 0 Å². The highest BCUT2D eigenvalue weighted by molar-refractivity contribution is 6.00. The van der Waals surface area contributed by atoms with Gasteiger partial charge in [0.05, 0.1) is 11.0 Å². The number of benzene rings is 1. The van der Waals surface area contributed by atoms with Crippen molar-refractivity contribution in [3.8, 4) is 0 Å². The first-order valence-corrected chi connectivity index (χ1v) is 8.64. The molecule has 4 heteroatoms. The molecule has 130 valence electrons. The third-order valence-electron chi connectivity index (χ3n) is 6.45. The van der Waals surface area contributed by atoms with Gasteiger partial charge < -0.3 is 10.2 Å². The van der Waals surface area contributed by atoms with Gasteiger partial charge >= 0.3 is 5.97 Å². The topological polar surface area (TPSA) is 74.6 Å². The van der Waals surface area contributed by atoms with Crippen molar-refractivity contribution in [2.24, 2.45) is 11.3 Å². The zero-order chi connectivity index (χ0) is 17.9. The molecule has 0 spiro atoms. The minimum absolute atomic E-state index is 0.00653. The second kappa shape index (κ2) is 5.16. The summed E-state index contributed by atoms with van der Waals surface area (Å²) in [4.78, 5) is 24.7. The second-order valence-corrected chi connectivity index (χ2v) is 8.49. The Morgan fingerprint density at radius 1 is 1.25 bits per heavy atom. The van der Waals surface area contributed by atoms with Gasteiger partial charge in [-0.25, -0.2) is 0 Å². The van der Waals surface area contributed by atoms with Crippen LogP contribution in [0, 0.1) is 11.3 Å². The highest BCUT2D eigenvalue weighted by Gasteiger charge is 2.56. The first kappa shape index (κ1) is 17.2. The summed E-state index contributed by atoms with van der Waals surface area (Å²) in [5, 5.41) is 20.0. The number of carboxylic acid groups (broad SMARTS) is 1. The standard InChI is InChI=1S/C20H26O4/c1-18(2,24)12-6-7-14-13(10-12)15(21)11-16-19(14,3)8-5-9-20(16,4)17(22)23/h6-7,10,16,24H,5,8-9,11H2,1-4H3,(H,22,23)/t16-,19+,20+/m0/s1. The van der Waals surface area contributed by atoms with E-state index in [0.717, 1.165) is 18.4 Å². The van der Waals surface area contributed by atoms with Crippen LogP contribution in [0.4, 0.5) is 0 Å². The van der Waals surface area contributed by atoms with Gasteiger partial charge in [-0.15, -0.1) is 0 Å². The van der Waals surface area contributed by atoms with E-state index in [4.69, 9.17) is 0 Å². The molecule has 1 fully saturated rings. The molecule has 1 aromatic carbocycles. The Kier molecular flexibility index (Phi) is 3.69. The molecule has 4 nitrogen and oxygen atoms in total. The summed E-state index contributed by atoms with van der Waals surface area (Å²) in [6, 6.07) is 5.60. The third kappa shape index (κ3) is 2.31. The average molecular weight is 330 g/mol. The fourth-order valence-electron chi connectivity index (χ4n) is 4.85. The van der Waals surface area contributed by atoms with E-state index in [9.17, 15) is 19.8 Å². The lowest BCUT2D eigenvalue weighted by Crippen LogP contribution is -2.53. The Bertz CT molecular complexity index is 715. The van der Waals surface area contributed by atoms with Crippen LogP contribution >= 0.6 is 0 Å². The van der Waals surface area contributed by atoms with Gasteiger partial charge in [0.15, 0.2) is 5.78 Å². The zero-order valence-corrected chi connectivity index (χ0v) is 14.8. The molecule has 2 N–H and O–H groups in total. The first-order valence-electron chi connectivity index (χ1n) is 8.64. The Balaban J connectivity index is 2.16. The maximum Gasteiger partial charge on any atom is 0.309 e. The van der Waals surface area contributed by atoms with Crippen LogP contribution in [-0.4, -0.2) is 22.0 Å². The van der Waals surface area contributed by atoms with Crippen molar-refractivity contribution >= 4 is 11.8 Å². The van der Waals surface area contributed by atoms with Crippen LogP contribution in [0.15, 0.2) is 18.2 Å². The smallest absolute Gasteiger partial charge is 0.309 e. The summed E-state index contributed by atoms with van der Waals surface area (Å²) >= 11 is 0. The molecule has 0 saturated heterocycles. The molecule has 0 amide bonds. The van der Waals surface area contributed by atoms with Crippen LogP contribution in [0.25, 0.3) is 0 Å². The SMILES string of the molecule is CC(C)(O)c1ccc2c(c1)C(=O)C[C@@H]1[C@](C)(C(=O)O)CCC[C@]21C. The first-order chi connectivity index (χ1) is 11.0. The minimum Gasteiger partial charge on any atom is -0.481 e. The number of aliphatic hydroxyl groups is 1. The largest absolute Gasteiger partial charge is 0.481 e. The molecule has 0 bridgehead atoms. The maximum absolute atomic E-state index is 12.8. The van der Waals surface area contributed by atoms with E-state index in [-0.39, 0.29) is 23.5 Å². The van der Waals surface area contributed by atoms with E-state index in [1.807, 2.05) is 12.1 Å². The lowest BCUT2D eigenvalue weighted by molar-refractivity contribution is -0.156. The average Bonchev–Trinajstić information content (AvgIpc) is 2.48. The lowest BCUT2D eigenvalue weighted by Gasteiger charge is -2.53. The highest BCUT2D eigenvalue weighted by atomic mass is 16.4. The van der Waals surface area contributed by atoms with E-state index in [1.54, 1.807) is 26.8 Å². The van der Waals surface area contributed by atoms with Crippen molar-refractivity contribution < 1.29 is 19.8 Å². The Labute approximate surface area is 142 Å². The number of carboxylic acids is 1. The summed E-state index contributed by atoms with van der Waals surface area (Å²) in [6.45, 7) is 7.30. The number of fused-ring (bicyclic) bond motifs is 3. The van der Waals surface area contributed by atoms with Crippen LogP contribution in [0.3, 0.4) is 0 Å². The molecule has 0 aromatic heterocycles. The summed E-state index contributed by atoms with van der Waals surface area (Å²) in [5.41, 5.74) is 0.137. The van der Waals surface area contributed by atoms with Crippen molar-refractivity contribution in [3.05, 3.63) is 34.9 Å². The van der Waals surface area contributed by atoms with Gasteiger partial charge in [0.1, 0.15) is 0 Å². The Hall–Kier alpha value is -1.68. The van der Waals surface area contributed by atoms with Crippen molar-refractivity contribution in [2.75, 3.05) is 0 Å². The molecule has 2 aliphatic rings. The predicted molar refractivity (Wildman–Crippen MR) is 91.1 cm³/mol. The van der Waals surface area contributed by atoms with E-state index < -0.39 is 17.0 Å². The van der Waals surface area contributed by atoms with Crippen molar-refractivity contribution in [1.29, 1.82) is 0 Å². The number of hydrogen-bond acceptors (Lipinski definition) is 3. The zero-order valence-electron chi connectivity index (χ0n) is 14.8. The van der Waals surface area contributed by atoms with Gasteiger partial charge in [-0.3, -0.25) is 9.59 Å². The molecule has 0 radical (unpaired) electrons.